The molecule has 1 amide bonds. The number of carbonyl (C=O) groups is 1. The molecule has 1 atom stereocenters. The Morgan fingerprint density at radius 2 is 2.04 bits per heavy atom. The summed E-state index contributed by atoms with van der Waals surface area (Å²) in [7, 11) is 2.10. The fraction of sp³-hybridized carbons (Fsp3) is 0.526. The predicted octanol–water partition coefficient (Wildman–Crippen LogP) is 2.64. The van der Waals surface area contributed by atoms with Crippen LogP contribution in [0.2, 0.25) is 0 Å². The molecule has 134 valence electrons. The molecule has 0 bridgehead atoms. The Labute approximate surface area is 148 Å². The van der Waals surface area contributed by atoms with Crippen LogP contribution in [0, 0.1) is 0 Å². The van der Waals surface area contributed by atoms with Gasteiger partial charge in [-0.15, -0.1) is 0 Å². The van der Waals surface area contributed by atoms with E-state index in [1.54, 1.807) is 0 Å². The highest BCUT2D eigenvalue weighted by Crippen LogP contribution is 2.25. The van der Waals surface area contributed by atoms with Crippen LogP contribution in [-0.2, 0) is 11.2 Å². The number of rotatable bonds is 5. The molecule has 1 aliphatic rings. The lowest BCUT2D eigenvalue weighted by atomic mass is 10.0. The molecule has 6 nitrogen and oxygen atoms in total. The highest BCUT2D eigenvalue weighted by molar-refractivity contribution is 5.77. The highest BCUT2D eigenvalue weighted by atomic mass is 16.5. The smallest absolute Gasteiger partial charge is 0.227 e. The van der Waals surface area contributed by atoms with Gasteiger partial charge in [0.05, 0.1) is 6.04 Å². The van der Waals surface area contributed by atoms with Gasteiger partial charge in [-0.3, -0.25) is 4.79 Å². The van der Waals surface area contributed by atoms with Crippen molar-refractivity contribution in [3.63, 3.8) is 0 Å². The van der Waals surface area contributed by atoms with Gasteiger partial charge in [0.15, 0.2) is 5.82 Å². The van der Waals surface area contributed by atoms with Crippen molar-refractivity contribution in [1.82, 2.24) is 19.9 Å². The minimum atomic E-state index is 0.0985. The fourth-order valence-electron chi connectivity index (χ4n) is 3.14. The topological polar surface area (TPSA) is 62.5 Å². The Morgan fingerprint density at radius 3 is 2.72 bits per heavy atom. The van der Waals surface area contributed by atoms with E-state index in [2.05, 4.69) is 34.2 Å². The number of benzene rings is 1. The first-order chi connectivity index (χ1) is 12.0. The van der Waals surface area contributed by atoms with Crippen molar-refractivity contribution >= 4 is 5.91 Å². The van der Waals surface area contributed by atoms with Crippen molar-refractivity contribution in [3.05, 3.63) is 47.6 Å². The van der Waals surface area contributed by atoms with Crippen LogP contribution < -0.4 is 0 Å². The Hall–Kier alpha value is -2.21. The molecule has 0 spiro atoms. The first-order valence-electron chi connectivity index (χ1n) is 8.90. The van der Waals surface area contributed by atoms with Gasteiger partial charge in [0.25, 0.3) is 0 Å². The third-order valence-electron chi connectivity index (χ3n) is 4.64. The maximum Gasteiger partial charge on any atom is 0.227 e. The summed E-state index contributed by atoms with van der Waals surface area (Å²) in [5.74, 6) is 1.62. The van der Waals surface area contributed by atoms with E-state index in [-0.39, 0.29) is 17.9 Å². The van der Waals surface area contributed by atoms with Crippen LogP contribution in [0.4, 0.5) is 0 Å². The molecular formula is C19H26N4O2. The van der Waals surface area contributed by atoms with Crippen LogP contribution in [0.5, 0.6) is 0 Å². The third-order valence-corrected chi connectivity index (χ3v) is 4.64. The summed E-state index contributed by atoms with van der Waals surface area (Å²) in [6.07, 6.45) is 0.888. The van der Waals surface area contributed by atoms with E-state index in [1.165, 1.54) is 5.56 Å². The van der Waals surface area contributed by atoms with Gasteiger partial charge in [-0.05, 0) is 12.6 Å². The van der Waals surface area contributed by atoms with E-state index >= 15 is 0 Å². The molecule has 0 saturated carbocycles. The van der Waals surface area contributed by atoms with Crippen molar-refractivity contribution in [1.29, 1.82) is 0 Å². The summed E-state index contributed by atoms with van der Waals surface area (Å²) < 4.78 is 5.25. The van der Waals surface area contributed by atoms with Gasteiger partial charge in [0.2, 0.25) is 11.8 Å². The van der Waals surface area contributed by atoms with Gasteiger partial charge in [0, 0.05) is 38.4 Å². The second-order valence-corrected chi connectivity index (χ2v) is 6.98. The lowest BCUT2D eigenvalue weighted by Gasteiger charge is -2.40. The average molecular weight is 342 g/mol. The van der Waals surface area contributed by atoms with Gasteiger partial charge in [-0.25, -0.2) is 0 Å². The van der Waals surface area contributed by atoms with Gasteiger partial charge in [0.1, 0.15) is 0 Å². The number of carbonyl (C=O) groups excluding carboxylic acids is 1. The van der Waals surface area contributed by atoms with Gasteiger partial charge in [-0.2, -0.15) is 4.98 Å². The van der Waals surface area contributed by atoms with Crippen LogP contribution in [0.25, 0.3) is 0 Å². The standard InChI is InChI=1S/C19H26N4O2/c1-14(2)19-20-17(25-21-19)9-10-18(24)23-12-11-22(3)13-16(23)15-7-5-4-6-8-15/h4-8,14,16H,9-13H2,1-3H3/t16-/m1/s1. The Bertz CT molecular complexity index is 698. The number of nitrogens with zero attached hydrogens (tertiary/aromatic N) is 4. The lowest BCUT2D eigenvalue weighted by molar-refractivity contribution is -0.136. The first-order valence-corrected chi connectivity index (χ1v) is 8.90. The monoisotopic (exact) mass is 342 g/mol. The number of aromatic nitrogens is 2. The summed E-state index contributed by atoms with van der Waals surface area (Å²) >= 11 is 0. The van der Waals surface area contributed by atoms with Gasteiger partial charge in [-0.1, -0.05) is 49.3 Å². The molecule has 0 radical (unpaired) electrons. The van der Waals surface area contributed by atoms with E-state index < -0.39 is 0 Å². The highest BCUT2D eigenvalue weighted by Gasteiger charge is 2.30. The Morgan fingerprint density at radius 1 is 1.28 bits per heavy atom. The summed E-state index contributed by atoms with van der Waals surface area (Å²) in [6.45, 7) is 6.54. The molecule has 2 heterocycles. The summed E-state index contributed by atoms with van der Waals surface area (Å²) in [5, 5.41) is 3.96. The SMILES string of the molecule is CC(C)c1noc(CCC(=O)N2CCN(C)C[C@@H]2c2ccccc2)n1. The maximum absolute atomic E-state index is 12.8. The normalized spacial score (nSPS) is 18.7. The number of hydrogen-bond donors (Lipinski definition) is 0. The maximum atomic E-state index is 12.8. The number of hydrogen-bond acceptors (Lipinski definition) is 5. The molecule has 6 heteroatoms. The largest absolute Gasteiger partial charge is 0.339 e. The summed E-state index contributed by atoms with van der Waals surface area (Å²) in [4.78, 5) is 21.4. The second-order valence-electron chi connectivity index (χ2n) is 6.98. The molecule has 1 aliphatic heterocycles. The van der Waals surface area contributed by atoms with E-state index in [4.69, 9.17) is 4.52 Å². The zero-order chi connectivity index (χ0) is 17.8. The van der Waals surface area contributed by atoms with Crippen molar-refractivity contribution in [3.8, 4) is 0 Å². The number of aryl methyl sites for hydroxylation is 1. The molecule has 0 unspecified atom stereocenters. The molecule has 0 aliphatic carbocycles. The van der Waals surface area contributed by atoms with Gasteiger partial charge >= 0.3 is 0 Å². The summed E-state index contributed by atoms with van der Waals surface area (Å²) in [6, 6.07) is 10.3. The zero-order valence-electron chi connectivity index (χ0n) is 15.2. The molecular weight excluding hydrogens is 316 g/mol. The molecule has 1 fully saturated rings. The summed E-state index contributed by atoms with van der Waals surface area (Å²) in [5.41, 5.74) is 1.18. The molecule has 3 rings (SSSR count). The third kappa shape index (κ3) is 4.25. The van der Waals surface area contributed by atoms with Crippen LogP contribution >= 0.6 is 0 Å². The van der Waals surface area contributed by atoms with Gasteiger partial charge < -0.3 is 14.3 Å². The molecule has 1 saturated heterocycles. The zero-order valence-corrected chi connectivity index (χ0v) is 15.2. The molecule has 1 aromatic carbocycles. The van der Waals surface area contributed by atoms with E-state index in [9.17, 15) is 4.79 Å². The van der Waals surface area contributed by atoms with Crippen LogP contribution in [-0.4, -0.2) is 52.5 Å². The quantitative estimate of drug-likeness (QED) is 0.836. The number of amides is 1. The second kappa shape index (κ2) is 7.78. The van der Waals surface area contributed by atoms with Crippen molar-refractivity contribution in [2.45, 2.75) is 38.6 Å². The van der Waals surface area contributed by atoms with Crippen LogP contribution in [0.15, 0.2) is 34.9 Å². The van der Waals surface area contributed by atoms with E-state index in [0.717, 1.165) is 19.6 Å². The van der Waals surface area contributed by atoms with Crippen molar-refractivity contribution < 1.29 is 9.32 Å². The Balaban J connectivity index is 1.66. The Kier molecular flexibility index (Phi) is 5.48. The van der Waals surface area contributed by atoms with E-state index in [0.29, 0.717) is 24.6 Å². The average Bonchev–Trinajstić information content (AvgIpc) is 3.10. The number of piperazine rings is 1. The molecule has 25 heavy (non-hydrogen) atoms. The minimum Gasteiger partial charge on any atom is -0.339 e. The predicted molar refractivity (Wildman–Crippen MR) is 95.1 cm³/mol. The first kappa shape index (κ1) is 17.6. The molecule has 0 N–H and O–H groups in total. The number of likely N-dealkylation sites (N-methyl/N-ethyl adjacent to an activating group) is 1. The van der Waals surface area contributed by atoms with E-state index in [1.807, 2.05) is 36.9 Å². The lowest BCUT2D eigenvalue weighted by Crippen LogP contribution is -2.49. The minimum absolute atomic E-state index is 0.0985. The van der Waals surface area contributed by atoms with Crippen LogP contribution in [0.3, 0.4) is 0 Å². The molecule has 1 aromatic heterocycles. The molecule has 2 aromatic rings. The van der Waals surface area contributed by atoms with Crippen molar-refractivity contribution in [2.24, 2.45) is 0 Å². The van der Waals surface area contributed by atoms with Crippen LogP contribution in [0.1, 0.15) is 49.5 Å². The van der Waals surface area contributed by atoms with Crippen molar-refractivity contribution in [2.75, 3.05) is 26.7 Å². The fourth-order valence-corrected chi connectivity index (χ4v) is 3.14.